The third-order valence-electron chi connectivity index (χ3n) is 2.34. The molecule has 0 fully saturated rings. The van der Waals surface area contributed by atoms with Gasteiger partial charge in [-0.05, 0) is 29.7 Å². The van der Waals surface area contributed by atoms with E-state index in [4.69, 9.17) is 16.3 Å². The van der Waals surface area contributed by atoms with E-state index in [2.05, 4.69) is 5.92 Å². The highest BCUT2D eigenvalue weighted by Gasteiger charge is 2.38. The van der Waals surface area contributed by atoms with Crippen LogP contribution in [-0.4, -0.2) is 22.4 Å². The van der Waals surface area contributed by atoms with Crippen LogP contribution in [0.2, 0.25) is 0 Å². The molecule has 21 heavy (non-hydrogen) atoms. The zero-order valence-corrected chi connectivity index (χ0v) is 10.3. The molecule has 0 bridgehead atoms. The third-order valence-corrected chi connectivity index (χ3v) is 2.34. The van der Waals surface area contributed by atoms with Crippen molar-refractivity contribution in [3.63, 3.8) is 0 Å². The number of phenolic OH excluding ortho intramolecular Hbond substituents is 1. The van der Waals surface area contributed by atoms with E-state index in [1.54, 1.807) is 18.2 Å². The van der Waals surface area contributed by atoms with E-state index in [-0.39, 0.29) is 11.3 Å². The van der Waals surface area contributed by atoms with Gasteiger partial charge in [0.1, 0.15) is 11.6 Å². The molecule has 0 amide bonds. The molecule has 0 saturated heterocycles. The van der Waals surface area contributed by atoms with E-state index >= 15 is 0 Å². The Morgan fingerprint density at radius 1 is 1.19 bits per heavy atom. The van der Waals surface area contributed by atoms with Crippen LogP contribution in [0, 0.1) is 18.2 Å². The Hall–Kier alpha value is -2.75. The van der Waals surface area contributed by atoms with Gasteiger partial charge in [-0.3, -0.25) is 0 Å². The van der Waals surface area contributed by atoms with Crippen LogP contribution in [0.4, 0.5) is 17.6 Å². The lowest BCUT2D eigenvalue weighted by Crippen LogP contribution is -2.21. The highest BCUT2D eigenvalue weighted by atomic mass is 19.4. The average Bonchev–Trinajstić information content (AvgIpc) is 2.38. The second-order valence-corrected chi connectivity index (χ2v) is 3.78. The molecular formula is C14H8F4O3. The van der Waals surface area contributed by atoms with Gasteiger partial charge < -0.3 is 10.2 Å². The molecule has 0 aliphatic carbocycles. The Bertz CT molecular complexity index is 714. The fourth-order valence-electron chi connectivity index (χ4n) is 1.44. The largest absolute Gasteiger partial charge is 0.508 e. The molecular weight excluding hydrogens is 292 g/mol. The highest BCUT2D eigenvalue weighted by molar-refractivity contribution is 5.89. The van der Waals surface area contributed by atoms with Gasteiger partial charge in [-0.1, -0.05) is 12.0 Å². The van der Waals surface area contributed by atoms with Gasteiger partial charge in [0.05, 0.1) is 5.56 Å². The maximum atomic E-state index is 13.2. The molecule has 0 saturated carbocycles. The number of carbonyl (C=O) groups is 1. The van der Waals surface area contributed by atoms with Crippen molar-refractivity contribution in [2.24, 2.45) is 0 Å². The number of aromatic hydroxyl groups is 1. The molecule has 0 aromatic heterocycles. The van der Waals surface area contributed by atoms with Gasteiger partial charge in [0.25, 0.3) is 0 Å². The van der Waals surface area contributed by atoms with Crippen molar-refractivity contribution in [2.45, 2.75) is 6.18 Å². The van der Waals surface area contributed by atoms with Crippen LogP contribution in [-0.2, 0) is 4.79 Å². The minimum atomic E-state index is -5.08. The average molecular weight is 300 g/mol. The zero-order chi connectivity index (χ0) is 16.2. The zero-order valence-electron chi connectivity index (χ0n) is 10.3. The van der Waals surface area contributed by atoms with E-state index in [1.807, 2.05) is 0 Å². The van der Waals surface area contributed by atoms with Crippen LogP contribution in [0.5, 0.6) is 5.75 Å². The number of carboxylic acids is 1. The minimum Gasteiger partial charge on any atom is -0.508 e. The standard InChI is InChI=1S/C12H7FO.C2HF3O2/c1-2-10-11-5-4-9(14)7-8(11)3-6-12(10)13;3-2(4,5)1(6)7/h1,3-7,14H;(H,6,7). The summed E-state index contributed by atoms with van der Waals surface area (Å²) in [6.45, 7) is 0. The Kier molecular flexibility index (Phi) is 4.76. The Morgan fingerprint density at radius 3 is 2.24 bits per heavy atom. The number of aliphatic carboxylic acids is 1. The second kappa shape index (κ2) is 6.13. The summed E-state index contributed by atoms with van der Waals surface area (Å²) >= 11 is 0. The van der Waals surface area contributed by atoms with Crippen molar-refractivity contribution in [1.29, 1.82) is 0 Å². The predicted molar refractivity (Wildman–Crippen MR) is 67.2 cm³/mol. The first-order valence-electron chi connectivity index (χ1n) is 5.34. The monoisotopic (exact) mass is 300 g/mol. The molecule has 2 aromatic carbocycles. The third kappa shape index (κ3) is 4.11. The van der Waals surface area contributed by atoms with E-state index in [0.29, 0.717) is 5.39 Å². The summed E-state index contributed by atoms with van der Waals surface area (Å²) in [5.41, 5.74) is 0.238. The van der Waals surface area contributed by atoms with Gasteiger partial charge in [0, 0.05) is 5.39 Å². The molecule has 2 N–H and O–H groups in total. The predicted octanol–water partition coefficient (Wildman–Crippen LogP) is 3.30. The smallest absolute Gasteiger partial charge is 0.490 e. The molecule has 0 unspecified atom stereocenters. The SMILES string of the molecule is C#Cc1c(F)ccc2cc(O)ccc12.O=C(O)C(F)(F)F. The summed E-state index contributed by atoms with van der Waals surface area (Å²) in [4.78, 5) is 8.90. The summed E-state index contributed by atoms with van der Waals surface area (Å²) < 4.78 is 45.0. The van der Waals surface area contributed by atoms with Gasteiger partial charge in [-0.2, -0.15) is 13.2 Å². The van der Waals surface area contributed by atoms with Crippen LogP contribution in [0.25, 0.3) is 10.8 Å². The van der Waals surface area contributed by atoms with Crippen LogP contribution >= 0.6 is 0 Å². The molecule has 110 valence electrons. The van der Waals surface area contributed by atoms with Crippen LogP contribution < -0.4 is 0 Å². The first-order chi connectivity index (χ1) is 9.66. The lowest BCUT2D eigenvalue weighted by atomic mass is 10.0. The van der Waals surface area contributed by atoms with Gasteiger partial charge in [0.15, 0.2) is 0 Å². The number of hydrogen-bond donors (Lipinski definition) is 2. The van der Waals surface area contributed by atoms with Crippen LogP contribution in [0.15, 0.2) is 30.3 Å². The maximum Gasteiger partial charge on any atom is 0.490 e. The molecule has 3 nitrogen and oxygen atoms in total. The summed E-state index contributed by atoms with van der Waals surface area (Å²) in [5, 5.41) is 17.7. The van der Waals surface area contributed by atoms with E-state index in [0.717, 1.165) is 5.39 Å². The Balaban J connectivity index is 0.000000270. The van der Waals surface area contributed by atoms with Gasteiger partial charge in [-0.15, -0.1) is 6.42 Å². The summed E-state index contributed by atoms with van der Waals surface area (Å²) in [6.07, 6.45) is 0.119. The van der Waals surface area contributed by atoms with Crippen molar-refractivity contribution in [1.82, 2.24) is 0 Å². The quantitative estimate of drug-likeness (QED) is 0.580. The molecule has 0 radical (unpaired) electrons. The topological polar surface area (TPSA) is 57.5 Å². The van der Waals surface area contributed by atoms with Crippen LogP contribution in [0.3, 0.4) is 0 Å². The van der Waals surface area contributed by atoms with Gasteiger partial charge >= 0.3 is 12.1 Å². The second-order valence-electron chi connectivity index (χ2n) is 3.78. The molecule has 0 aliphatic rings. The molecule has 0 heterocycles. The highest BCUT2D eigenvalue weighted by Crippen LogP contribution is 2.24. The number of terminal acetylenes is 1. The first kappa shape index (κ1) is 16.3. The Labute approximate surface area is 116 Å². The minimum absolute atomic E-state index is 0.145. The lowest BCUT2D eigenvalue weighted by Gasteiger charge is -2.02. The van der Waals surface area contributed by atoms with Gasteiger partial charge in [-0.25, -0.2) is 9.18 Å². The van der Waals surface area contributed by atoms with Crippen molar-refractivity contribution in [2.75, 3.05) is 0 Å². The summed E-state index contributed by atoms with van der Waals surface area (Å²) in [6, 6.07) is 7.54. The van der Waals surface area contributed by atoms with E-state index < -0.39 is 18.0 Å². The number of benzene rings is 2. The Morgan fingerprint density at radius 2 is 1.76 bits per heavy atom. The van der Waals surface area contributed by atoms with Crippen molar-refractivity contribution in [3.05, 3.63) is 41.7 Å². The number of fused-ring (bicyclic) bond motifs is 1. The number of halogens is 4. The van der Waals surface area contributed by atoms with Crippen LogP contribution in [0.1, 0.15) is 5.56 Å². The van der Waals surface area contributed by atoms with Gasteiger partial charge in [0.2, 0.25) is 0 Å². The lowest BCUT2D eigenvalue weighted by molar-refractivity contribution is -0.192. The van der Waals surface area contributed by atoms with E-state index in [9.17, 15) is 22.7 Å². The number of carboxylic acid groups (broad SMARTS) is 1. The van der Waals surface area contributed by atoms with Crippen molar-refractivity contribution >= 4 is 16.7 Å². The van der Waals surface area contributed by atoms with Crippen molar-refractivity contribution < 1.29 is 32.6 Å². The molecule has 0 atom stereocenters. The van der Waals surface area contributed by atoms with Crippen molar-refractivity contribution in [3.8, 4) is 18.1 Å². The molecule has 7 heteroatoms. The first-order valence-corrected chi connectivity index (χ1v) is 5.34. The maximum absolute atomic E-state index is 13.2. The summed E-state index contributed by atoms with van der Waals surface area (Å²) in [5.74, 6) is -0.722. The fourth-order valence-corrected chi connectivity index (χ4v) is 1.44. The molecule has 2 rings (SSSR count). The fraction of sp³-hybridized carbons (Fsp3) is 0.0714. The number of phenols is 1. The number of hydrogen-bond acceptors (Lipinski definition) is 2. The normalized spacial score (nSPS) is 10.4. The molecule has 2 aromatic rings. The number of rotatable bonds is 0. The number of alkyl halides is 3. The van der Waals surface area contributed by atoms with E-state index in [1.165, 1.54) is 12.1 Å². The molecule has 0 aliphatic heterocycles. The summed E-state index contributed by atoms with van der Waals surface area (Å²) in [7, 11) is 0. The molecule has 0 spiro atoms.